The zero-order valence-electron chi connectivity index (χ0n) is 16.9. The van der Waals surface area contributed by atoms with Gasteiger partial charge in [-0.1, -0.05) is 64.1 Å². The molecule has 0 unspecified atom stereocenters. The first kappa shape index (κ1) is 19.3. The predicted molar refractivity (Wildman–Crippen MR) is 111 cm³/mol. The largest absolute Gasteiger partial charge is 0.331 e. The number of benzene rings is 2. The van der Waals surface area contributed by atoms with Crippen molar-refractivity contribution in [3.8, 4) is 0 Å². The third-order valence-electron chi connectivity index (χ3n) is 5.26. The minimum Gasteiger partial charge on any atom is -0.331 e. The first-order valence-corrected chi connectivity index (χ1v) is 9.80. The van der Waals surface area contributed by atoms with Crippen LogP contribution in [-0.2, 0) is 0 Å². The smallest absolute Gasteiger partial charge is 0.258 e. The van der Waals surface area contributed by atoms with E-state index in [1.54, 1.807) is 0 Å². The summed E-state index contributed by atoms with van der Waals surface area (Å²) >= 11 is 0. The van der Waals surface area contributed by atoms with Crippen molar-refractivity contribution in [1.29, 1.82) is 0 Å². The number of para-hydroxylation sites is 1. The number of fused-ring (bicyclic) bond motifs is 1. The van der Waals surface area contributed by atoms with Crippen LogP contribution >= 0.6 is 0 Å². The molecular formula is C23H30N3O+. The standard InChI is InChI=1S/C23H29N3O/c1-14(2)17-10-12-18(13-11-17)21(15(3)4)24-16(5)22-25-20-9-7-6-8-19(20)23(27)26-22/h6-16,21,24H,1-5H3,(H,25,26,27)/p+1/t16-,21+/m0/s1. The topological polar surface area (TPSA) is 62.4 Å². The molecule has 142 valence electrons. The van der Waals surface area contributed by atoms with Crippen molar-refractivity contribution in [2.24, 2.45) is 5.92 Å². The second kappa shape index (κ2) is 8.05. The Morgan fingerprint density at radius 1 is 0.889 bits per heavy atom. The highest BCUT2D eigenvalue weighted by atomic mass is 16.1. The lowest BCUT2D eigenvalue weighted by molar-refractivity contribution is -0.738. The number of aromatic amines is 1. The third-order valence-corrected chi connectivity index (χ3v) is 5.26. The van der Waals surface area contributed by atoms with Gasteiger partial charge in [0.25, 0.3) is 5.56 Å². The van der Waals surface area contributed by atoms with E-state index < -0.39 is 0 Å². The number of nitrogens with zero attached hydrogens (tertiary/aromatic N) is 1. The number of aromatic nitrogens is 2. The highest BCUT2D eigenvalue weighted by Gasteiger charge is 2.24. The fourth-order valence-corrected chi connectivity index (χ4v) is 3.54. The molecule has 27 heavy (non-hydrogen) atoms. The average Bonchev–Trinajstić information content (AvgIpc) is 2.65. The van der Waals surface area contributed by atoms with Crippen molar-refractivity contribution >= 4 is 10.9 Å². The molecule has 0 aliphatic heterocycles. The molecule has 4 nitrogen and oxygen atoms in total. The van der Waals surface area contributed by atoms with Crippen LogP contribution < -0.4 is 10.9 Å². The molecule has 3 rings (SSSR count). The van der Waals surface area contributed by atoms with E-state index in [-0.39, 0.29) is 11.6 Å². The van der Waals surface area contributed by atoms with Gasteiger partial charge in [-0.3, -0.25) is 4.79 Å². The number of hydrogen-bond donors (Lipinski definition) is 2. The molecule has 0 aliphatic carbocycles. The van der Waals surface area contributed by atoms with Crippen LogP contribution in [0.1, 0.15) is 69.6 Å². The SMILES string of the molecule is CC(C)c1ccc([C@H]([NH2+][C@@H](C)c2nc3ccccc3c(=O)[nH]2)C(C)C)cc1. The minimum absolute atomic E-state index is 0.0551. The summed E-state index contributed by atoms with van der Waals surface area (Å²) in [5, 5.41) is 2.94. The normalized spacial score (nSPS) is 14.0. The maximum atomic E-state index is 12.4. The number of rotatable bonds is 6. The van der Waals surface area contributed by atoms with Gasteiger partial charge in [-0.15, -0.1) is 0 Å². The molecule has 0 saturated heterocycles. The number of quaternary nitrogens is 1. The Morgan fingerprint density at radius 3 is 2.15 bits per heavy atom. The molecule has 1 aromatic heterocycles. The molecule has 0 amide bonds. The van der Waals surface area contributed by atoms with Gasteiger partial charge in [0, 0.05) is 11.5 Å². The van der Waals surface area contributed by atoms with Crippen LogP contribution in [0, 0.1) is 5.92 Å². The van der Waals surface area contributed by atoms with Crippen molar-refractivity contribution < 1.29 is 5.32 Å². The fraction of sp³-hybridized carbons (Fsp3) is 0.391. The maximum absolute atomic E-state index is 12.4. The third kappa shape index (κ3) is 4.28. The predicted octanol–water partition coefficient (Wildman–Crippen LogP) is 4.07. The van der Waals surface area contributed by atoms with Crippen LogP contribution in [0.2, 0.25) is 0 Å². The molecule has 2 atom stereocenters. The first-order chi connectivity index (χ1) is 12.9. The quantitative estimate of drug-likeness (QED) is 0.693. The Labute approximate surface area is 161 Å². The molecule has 0 saturated carbocycles. The van der Waals surface area contributed by atoms with E-state index in [2.05, 4.69) is 69.2 Å². The summed E-state index contributed by atoms with van der Waals surface area (Å²) < 4.78 is 0. The summed E-state index contributed by atoms with van der Waals surface area (Å²) in [5.74, 6) is 1.72. The van der Waals surface area contributed by atoms with E-state index in [0.29, 0.717) is 23.3 Å². The summed E-state index contributed by atoms with van der Waals surface area (Å²) in [5.41, 5.74) is 3.34. The number of hydrogen-bond acceptors (Lipinski definition) is 2. The van der Waals surface area contributed by atoms with Gasteiger partial charge in [0.15, 0.2) is 5.82 Å². The molecule has 3 N–H and O–H groups in total. The number of nitrogens with one attached hydrogen (secondary N) is 1. The average molecular weight is 365 g/mol. The van der Waals surface area contributed by atoms with E-state index in [1.807, 2.05) is 24.3 Å². The van der Waals surface area contributed by atoms with E-state index in [1.165, 1.54) is 11.1 Å². The molecule has 0 bridgehead atoms. The molecule has 2 aromatic carbocycles. The summed E-state index contributed by atoms with van der Waals surface area (Å²) in [4.78, 5) is 20.0. The molecule has 1 heterocycles. The van der Waals surface area contributed by atoms with Gasteiger partial charge < -0.3 is 10.3 Å². The van der Waals surface area contributed by atoms with E-state index >= 15 is 0 Å². The van der Waals surface area contributed by atoms with Crippen LogP contribution in [0.15, 0.2) is 53.3 Å². The van der Waals surface area contributed by atoms with Gasteiger partial charge in [0.2, 0.25) is 0 Å². The van der Waals surface area contributed by atoms with Gasteiger partial charge in [-0.25, -0.2) is 4.98 Å². The first-order valence-electron chi connectivity index (χ1n) is 9.80. The van der Waals surface area contributed by atoms with E-state index in [9.17, 15) is 4.79 Å². The molecule has 4 heteroatoms. The zero-order valence-corrected chi connectivity index (χ0v) is 16.9. The highest BCUT2D eigenvalue weighted by Crippen LogP contribution is 2.22. The minimum atomic E-state index is -0.0711. The molecule has 0 aliphatic rings. The van der Waals surface area contributed by atoms with Crippen LogP contribution in [0.5, 0.6) is 0 Å². The Bertz CT molecular complexity index is 957. The van der Waals surface area contributed by atoms with Crippen molar-refractivity contribution in [3.05, 3.63) is 75.8 Å². The molecule has 0 spiro atoms. The van der Waals surface area contributed by atoms with Crippen LogP contribution in [0.3, 0.4) is 0 Å². The lowest BCUT2D eigenvalue weighted by atomic mass is 9.93. The van der Waals surface area contributed by atoms with Gasteiger partial charge in [0.05, 0.1) is 10.9 Å². The van der Waals surface area contributed by atoms with Gasteiger partial charge in [-0.2, -0.15) is 0 Å². The van der Waals surface area contributed by atoms with E-state index in [4.69, 9.17) is 4.98 Å². The van der Waals surface area contributed by atoms with Crippen molar-refractivity contribution in [2.75, 3.05) is 0 Å². The van der Waals surface area contributed by atoms with Crippen LogP contribution in [0.25, 0.3) is 10.9 Å². The highest BCUT2D eigenvalue weighted by molar-refractivity contribution is 5.77. The maximum Gasteiger partial charge on any atom is 0.258 e. The summed E-state index contributed by atoms with van der Waals surface area (Å²) in [6, 6.07) is 16.8. The monoisotopic (exact) mass is 364 g/mol. The van der Waals surface area contributed by atoms with Crippen LogP contribution in [0.4, 0.5) is 0 Å². The molecule has 0 radical (unpaired) electrons. The van der Waals surface area contributed by atoms with Gasteiger partial charge in [-0.05, 0) is 30.5 Å². The van der Waals surface area contributed by atoms with Gasteiger partial charge in [0.1, 0.15) is 12.1 Å². The zero-order chi connectivity index (χ0) is 19.6. The lowest BCUT2D eigenvalue weighted by Crippen LogP contribution is -2.87. The summed E-state index contributed by atoms with van der Waals surface area (Å²) in [7, 11) is 0. The van der Waals surface area contributed by atoms with Gasteiger partial charge >= 0.3 is 0 Å². The Morgan fingerprint density at radius 2 is 1.52 bits per heavy atom. The second-order valence-electron chi connectivity index (χ2n) is 8.04. The Hall–Kier alpha value is -2.46. The second-order valence-corrected chi connectivity index (χ2v) is 8.04. The number of nitrogens with two attached hydrogens (primary N) is 1. The van der Waals surface area contributed by atoms with E-state index in [0.717, 1.165) is 11.3 Å². The van der Waals surface area contributed by atoms with Crippen molar-refractivity contribution in [1.82, 2.24) is 9.97 Å². The van der Waals surface area contributed by atoms with Crippen molar-refractivity contribution in [3.63, 3.8) is 0 Å². The summed E-state index contributed by atoms with van der Waals surface area (Å²) in [6.07, 6.45) is 0. The summed E-state index contributed by atoms with van der Waals surface area (Å²) in [6.45, 7) is 11.0. The molecular weight excluding hydrogens is 334 g/mol. The Kier molecular flexibility index (Phi) is 5.76. The molecule has 0 fully saturated rings. The fourth-order valence-electron chi connectivity index (χ4n) is 3.54. The molecule has 3 aromatic rings. The number of H-pyrrole nitrogens is 1. The van der Waals surface area contributed by atoms with Crippen molar-refractivity contribution in [2.45, 2.75) is 52.6 Å². The Balaban J connectivity index is 1.87. The lowest BCUT2D eigenvalue weighted by Gasteiger charge is -2.23. The van der Waals surface area contributed by atoms with Crippen LogP contribution in [-0.4, -0.2) is 9.97 Å².